The number of anilines is 1. The number of carbonyl (C=O) groups excluding carboxylic acids is 2. The molecule has 0 bridgehead atoms. The van der Waals surface area contributed by atoms with E-state index < -0.39 is 10.0 Å². The van der Waals surface area contributed by atoms with Gasteiger partial charge in [0.25, 0.3) is 0 Å². The van der Waals surface area contributed by atoms with E-state index >= 15 is 0 Å². The molecular weight excluding hydrogens is 354 g/mol. The van der Waals surface area contributed by atoms with Gasteiger partial charge in [-0.15, -0.1) is 0 Å². The molecule has 0 aliphatic carbocycles. The van der Waals surface area contributed by atoms with Crippen molar-refractivity contribution in [3.05, 3.63) is 23.3 Å². The Morgan fingerprint density at radius 2 is 1.88 bits per heavy atom. The van der Waals surface area contributed by atoms with E-state index in [2.05, 4.69) is 0 Å². The van der Waals surface area contributed by atoms with Gasteiger partial charge < -0.3 is 10.6 Å². The minimum atomic E-state index is -3.65. The highest BCUT2D eigenvalue weighted by molar-refractivity contribution is 7.89. The second-order valence-electron chi connectivity index (χ2n) is 7.42. The summed E-state index contributed by atoms with van der Waals surface area (Å²) in [5, 5.41) is 0. The lowest BCUT2D eigenvalue weighted by atomic mass is 9.97. The van der Waals surface area contributed by atoms with E-state index in [1.165, 1.54) is 4.31 Å². The summed E-state index contributed by atoms with van der Waals surface area (Å²) in [6.07, 6.45) is 2.54. The zero-order valence-electron chi connectivity index (χ0n) is 14.8. The fraction of sp³-hybridized carbons (Fsp3) is 0.556. The van der Waals surface area contributed by atoms with E-state index in [9.17, 15) is 18.0 Å². The van der Waals surface area contributed by atoms with E-state index in [4.69, 9.17) is 5.73 Å². The molecule has 1 saturated heterocycles. The van der Waals surface area contributed by atoms with Crippen molar-refractivity contribution in [2.45, 2.75) is 43.4 Å². The highest BCUT2D eigenvalue weighted by Crippen LogP contribution is 2.44. The average molecular weight is 377 g/mol. The lowest BCUT2D eigenvalue weighted by Crippen LogP contribution is -2.41. The van der Waals surface area contributed by atoms with Crippen molar-refractivity contribution in [1.82, 2.24) is 4.31 Å². The summed E-state index contributed by atoms with van der Waals surface area (Å²) in [5.74, 6) is -0.874. The third kappa shape index (κ3) is 2.54. The average Bonchev–Trinajstić information content (AvgIpc) is 2.88. The van der Waals surface area contributed by atoms with Crippen LogP contribution in [0, 0.1) is 5.92 Å². The van der Waals surface area contributed by atoms with Crippen LogP contribution in [0.1, 0.15) is 43.2 Å². The summed E-state index contributed by atoms with van der Waals surface area (Å²) in [5.41, 5.74) is 8.01. The monoisotopic (exact) mass is 377 g/mol. The van der Waals surface area contributed by atoms with E-state index in [1.807, 2.05) is 6.92 Å². The molecule has 140 valence electrons. The van der Waals surface area contributed by atoms with Gasteiger partial charge in [-0.1, -0.05) is 0 Å². The zero-order valence-corrected chi connectivity index (χ0v) is 15.6. The Hall–Kier alpha value is -1.93. The van der Waals surface area contributed by atoms with Crippen LogP contribution in [-0.2, 0) is 26.0 Å². The van der Waals surface area contributed by atoms with Crippen LogP contribution in [0.2, 0.25) is 0 Å². The summed E-state index contributed by atoms with van der Waals surface area (Å²) in [6, 6.07) is 3.40. The lowest BCUT2D eigenvalue weighted by molar-refractivity contribution is -0.123. The molecule has 1 atom stereocenters. The van der Waals surface area contributed by atoms with Crippen molar-refractivity contribution in [2.24, 2.45) is 11.7 Å². The van der Waals surface area contributed by atoms with Crippen molar-refractivity contribution < 1.29 is 18.0 Å². The minimum Gasteiger partial charge on any atom is -0.369 e. The molecule has 0 aromatic heterocycles. The first-order valence-electron chi connectivity index (χ1n) is 9.08. The predicted molar refractivity (Wildman–Crippen MR) is 96.2 cm³/mol. The van der Waals surface area contributed by atoms with Gasteiger partial charge >= 0.3 is 0 Å². The SMILES string of the molecule is C[C@H]1C(=O)N2CCCc3cc(S(=O)(=O)N4CCC(C(N)=O)CC4)cc1c32. The summed E-state index contributed by atoms with van der Waals surface area (Å²) in [6.45, 7) is 3.13. The van der Waals surface area contributed by atoms with Crippen LogP contribution in [-0.4, -0.2) is 44.2 Å². The molecule has 4 rings (SSSR count). The normalized spacial score (nSPS) is 24.0. The number of benzene rings is 1. The standard InChI is InChI=1S/C18H23N3O4S/c1-11-15-10-14(9-13-3-2-6-21(16(13)15)18(11)23)26(24,25)20-7-4-12(5-8-20)17(19)22/h9-12H,2-8H2,1H3,(H2,19,22)/t11-/m1/s1. The summed E-state index contributed by atoms with van der Waals surface area (Å²) >= 11 is 0. The van der Waals surface area contributed by atoms with Crippen LogP contribution < -0.4 is 10.6 Å². The number of hydrogen-bond donors (Lipinski definition) is 1. The number of piperidine rings is 1. The quantitative estimate of drug-likeness (QED) is 0.848. The molecule has 2 amide bonds. The van der Waals surface area contributed by atoms with Crippen molar-refractivity contribution in [3.8, 4) is 0 Å². The molecule has 1 aromatic carbocycles. The summed E-state index contributed by atoms with van der Waals surface area (Å²) < 4.78 is 27.7. The Morgan fingerprint density at radius 3 is 2.54 bits per heavy atom. The predicted octanol–water partition coefficient (Wildman–Crippen LogP) is 0.969. The first-order valence-corrected chi connectivity index (χ1v) is 10.5. The number of hydrogen-bond acceptors (Lipinski definition) is 4. The van der Waals surface area contributed by atoms with Gasteiger partial charge in [0, 0.05) is 25.6 Å². The smallest absolute Gasteiger partial charge is 0.243 e. The van der Waals surface area contributed by atoms with Crippen molar-refractivity contribution in [1.29, 1.82) is 0 Å². The Bertz CT molecular complexity index is 888. The van der Waals surface area contributed by atoms with Gasteiger partial charge in [0.05, 0.1) is 16.5 Å². The number of aryl methyl sites for hydroxylation is 1. The van der Waals surface area contributed by atoms with Gasteiger partial charge in [0.2, 0.25) is 21.8 Å². The van der Waals surface area contributed by atoms with Crippen LogP contribution in [0.15, 0.2) is 17.0 Å². The first-order chi connectivity index (χ1) is 12.3. The number of rotatable bonds is 3. The first kappa shape index (κ1) is 17.5. The minimum absolute atomic E-state index is 0.0535. The van der Waals surface area contributed by atoms with Gasteiger partial charge in [0.1, 0.15) is 0 Å². The molecule has 0 unspecified atom stereocenters. The van der Waals surface area contributed by atoms with Crippen LogP contribution in [0.3, 0.4) is 0 Å². The van der Waals surface area contributed by atoms with E-state index in [-0.39, 0.29) is 28.5 Å². The molecule has 0 spiro atoms. The molecule has 1 aromatic rings. The molecule has 3 aliphatic rings. The van der Waals surface area contributed by atoms with Gasteiger partial charge in [0.15, 0.2) is 0 Å². The highest BCUT2D eigenvalue weighted by atomic mass is 32.2. The van der Waals surface area contributed by atoms with Gasteiger partial charge in [-0.2, -0.15) is 4.31 Å². The second kappa shape index (κ2) is 6.06. The molecular formula is C18H23N3O4S. The molecule has 2 N–H and O–H groups in total. The largest absolute Gasteiger partial charge is 0.369 e. The third-order valence-corrected chi connectivity index (χ3v) is 7.76. The fourth-order valence-electron chi connectivity index (χ4n) is 4.34. The number of carbonyl (C=O) groups is 2. The Labute approximate surface area is 153 Å². The van der Waals surface area contributed by atoms with E-state index in [0.717, 1.165) is 29.7 Å². The zero-order chi connectivity index (χ0) is 18.6. The maximum atomic E-state index is 13.1. The number of amides is 2. The summed E-state index contributed by atoms with van der Waals surface area (Å²) in [7, 11) is -3.65. The molecule has 0 radical (unpaired) electrons. The van der Waals surface area contributed by atoms with Crippen LogP contribution in [0.25, 0.3) is 0 Å². The topological polar surface area (TPSA) is 101 Å². The number of nitrogens with zero attached hydrogens (tertiary/aromatic N) is 2. The number of primary amides is 1. The number of nitrogens with two attached hydrogens (primary N) is 1. The molecule has 7 nitrogen and oxygen atoms in total. The maximum absolute atomic E-state index is 13.1. The third-order valence-electron chi connectivity index (χ3n) is 5.89. The second-order valence-corrected chi connectivity index (χ2v) is 9.35. The van der Waals surface area contributed by atoms with E-state index in [1.54, 1.807) is 17.0 Å². The highest BCUT2D eigenvalue weighted by Gasteiger charge is 2.40. The van der Waals surface area contributed by atoms with Crippen molar-refractivity contribution in [3.63, 3.8) is 0 Å². The molecule has 0 saturated carbocycles. The Balaban J connectivity index is 1.69. The molecule has 26 heavy (non-hydrogen) atoms. The Kier molecular flexibility index (Phi) is 4.07. The fourth-order valence-corrected chi connectivity index (χ4v) is 5.90. The molecule has 8 heteroatoms. The van der Waals surface area contributed by atoms with E-state index in [0.29, 0.717) is 32.5 Å². The van der Waals surface area contributed by atoms with Gasteiger partial charge in [-0.25, -0.2) is 8.42 Å². The Morgan fingerprint density at radius 1 is 1.19 bits per heavy atom. The van der Waals surface area contributed by atoms with Crippen LogP contribution in [0.4, 0.5) is 5.69 Å². The van der Waals surface area contributed by atoms with Crippen LogP contribution in [0.5, 0.6) is 0 Å². The maximum Gasteiger partial charge on any atom is 0.243 e. The van der Waals surface area contributed by atoms with Crippen molar-refractivity contribution >= 4 is 27.5 Å². The molecule has 3 heterocycles. The van der Waals surface area contributed by atoms with Gasteiger partial charge in [-0.3, -0.25) is 9.59 Å². The van der Waals surface area contributed by atoms with Gasteiger partial charge in [-0.05, 0) is 55.9 Å². The molecule has 3 aliphatic heterocycles. The van der Waals surface area contributed by atoms with Crippen molar-refractivity contribution in [2.75, 3.05) is 24.5 Å². The number of sulfonamides is 1. The summed E-state index contributed by atoms with van der Waals surface area (Å²) in [4.78, 5) is 25.8. The lowest BCUT2D eigenvalue weighted by Gasteiger charge is -2.30. The van der Waals surface area contributed by atoms with Crippen LogP contribution >= 0.6 is 0 Å². The molecule has 1 fully saturated rings.